The molecule has 140 valence electrons. The highest BCUT2D eigenvalue weighted by Crippen LogP contribution is 2.44. The summed E-state index contributed by atoms with van der Waals surface area (Å²) in [5, 5.41) is 4.88. The van der Waals surface area contributed by atoms with Gasteiger partial charge in [0.2, 0.25) is 0 Å². The number of hydrogen-bond donors (Lipinski definition) is 1. The molecule has 29 heavy (non-hydrogen) atoms. The molecular weight excluding hydrogens is 372 g/mol. The van der Waals surface area contributed by atoms with Crippen LogP contribution in [0.1, 0.15) is 0 Å². The minimum absolute atomic E-state index is 0.858. The number of thiol groups is 1. The Kier molecular flexibility index (Phi) is 4.49. The van der Waals surface area contributed by atoms with Crippen molar-refractivity contribution in [1.29, 1.82) is 0 Å². The third-order valence-electron chi connectivity index (χ3n) is 5.49. The molecule has 0 aromatic heterocycles. The predicted octanol–water partition coefficient (Wildman–Crippen LogP) is 7.62. The molecule has 1 nitrogen and oxygen atoms in total. The van der Waals surface area contributed by atoms with Crippen molar-refractivity contribution in [2.24, 2.45) is 0 Å². The van der Waals surface area contributed by atoms with Crippen LogP contribution in [0.25, 0.3) is 43.8 Å². The van der Waals surface area contributed by atoms with Gasteiger partial charge in [-0.2, -0.15) is 0 Å². The molecule has 0 aliphatic rings. The maximum Gasteiger partial charge on any atom is 0.118 e. The van der Waals surface area contributed by atoms with E-state index in [9.17, 15) is 0 Å². The number of methoxy groups -OCH3 is 1. The first-order chi connectivity index (χ1) is 14.3. The fourth-order valence-electron chi connectivity index (χ4n) is 4.07. The molecule has 5 rings (SSSR count). The number of rotatable bonds is 3. The molecule has 0 aliphatic heterocycles. The lowest BCUT2D eigenvalue weighted by molar-refractivity contribution is 0.415. The normalized spacial score (nSPS) is 11.1. The largest absolute Gasteiger partial charge is 0.497 e. The van der Waals surface area contributed by atoms with E-state index in [2.05, 4.69) is 84.9 Å². The van der Waals surface area contributed by atoms with Crippen LogP contribution < -0.4 is 4.74 Å². The smallest absolute Gasteiger partial charge is 0.118 e. The van der Waals surface area contributed by atoms with E-state index < -0.39 is 0 Å². The van der Waals surface area contributed by atoms with E-state index >= 15 is 0 Å². The zero-order chi connectivity index (χ0) is 19.8. The molecule has 0 N–H and O–H groups in total. The van der Waals surface area contributed by atoms with Gasteiger partial charge in [0.25, 0.3) is 0 Å². The van der Waals surface area contributed by atoms with Gasteiger partial charge in [-0.3, -0.25) is 0 Å². The molecule has 0 bridgehead atoms. The predicted molar refractivity (Wildman–Crippen MR) is 126 cm³/mol. The molecule has 0 saturated carbocycles. The summed E-state index contributed by atoms with van der Waals surface area (Å²) in [7, 11) is 1.69. The van der Waals surface area contributed by atoms with Gasteiger partial charge in [-0.15, -0.1) is 12.6 Å². The number of benzene rings is 5. The number of fused-ring (bicyclic) bond motifs is 2. The van der Waals surface area contributed by atoms with Crippen LogP contribution in [0.5, 0.6) is 5.75 Å². The van der Waals surface area contributed by atoms with Crippen LogP contribution in [0, 0.1) is 0 Å². The molecule has 0 aliphatic carbocycles. The van der Waals surface area contributed by atoms with Gasteiger partial charge in [0.1, 0.15) is 5.75 Å². The summed E-state index contributed by atoms with van der Waals surface area (Å²) in [5.41, 5.74) is 4.74. The van der Waals surface area contributed by atoms with E-state index in [1.54, 1.807) is 7.11 Å². The lowest BCUT2D eigenvalue weighted by Gasteiger charge is -2.18. The fraction of sp³-hybridized carbons (Fsp3) is 0.0370. The third-order valence-corrected chi connectivity index (χ3v) is 5.86. The minimum atomic E-state index is 0.858. The van der Waals surface area contributed by atoms with E-state index in [1.807, 2.05) is 12.1 Å². The van der Waals surface area contributed by atoms with Gasteiger partial charge in [-0.1, -0.05) is 78.9 Å². The highest BCUT2D eigenvalue weighted by Gasteiger charge is 2.16. The van der Waals surface area contributed by atoms with Crippen LogP contribution in [-0.2, 0) is 0 Å². The van der Waals surface area contributed by atoms with Crippen LogP contribution >= 0.6 is 12.6 Å². The van der Waals surface area contributed by atoms with Gasteiger partial charge < -0.3 is 4.74 Å². The standard InChI is InChI=1S/C27H20OS/c1-28-21-14-10-20(11-15-21)24-16-12-18-6-2-4-8-22(18)26(24)27-23-9-5-3-7-19(23)13-17-25(27)29/h2-17,29H,1H3. The van der Waals surface area contributed by atoms with Crippen molar-refractivity contribution in [1.82, 2.24) is 0 Å². The molecular formula is C27H20OS. The van der Waals surface area contributed by atoms with E-state index in [0.717, 1.165) is 16.2 Å². The van der Waals surface area contributed by atoms with Crippen LogP contribution in [0.3, 0.4) is 0 Å². The molecule has 0 saturated heterocycles. The second-order valence-electron chi connectivity index (χ2n) is 7.12. The molecule has 0 atom stereocenters. The Hall–Kier alpha value is -3.23. The third kappa shape index (κ3) is 3.06. The molecule has 5 aromatic rings. The van der Waals surface area contributed by atoms with Crippen molar-refractivity contribution >= 4 is 34.2 Å². The van der Waals surface area contributed by atoms with Gasteiger partial charge in [-0.05, 0) is 56.4 Å². The van der Waals surface area contributed by atoms with E-state index in [-0.39, 0.29) is 0 Å². The minimum Gasteiger partial charge on any atom is -0.497 e. The van der Waals surface area contributed by atoms with Gasteiger partial charge >= 0.3 is 0 Å². The first-order valence-corrected chi connectivity index (χ1v) is 10.1. The van der Waals surface area contributed by atoms with Crippen LogP contribution in [0.15, 0.2) is 102 Å². The summed E-state index contributed by atoms with van der Waals surface area (Å²) in [6.07, 6.45) is 0. The Bertz CT molecular complexity index is 1340. The average molecular weight is 393 g/mol. The maximum absolute atomic E-state index is 5.35. The van der Waals surface area contributed by atoms with Crippen molar-refractivity contribution < 1.29 is 4.74 Å². The quantitative estimate of drug-likeness (QED) is 0.311. The summed E-state index contributed by atoms with van der Waals surface area (Å²) in [5.74, 6) is 0.858. The zero-order valence-electron chi connectivity index (χ0n) is 16.1. The van der Waals surface area contributed by atoms with Crippen LogP contribution in [-0.4, -0.2) is 7.11 Å². The summed E-state index contributed by atoms with van der Waals surface area (Å²) in [4.78, 5) is 0.981. The van der Waals surface area contributed by atoms with E-state index in [1.165, 1.54) is 38.2 Å². The molecule has 0 fully saturated rings. The lowest BCUT2D eigenvalue weighted by Crippen LogP contribution is -1.91. The number of hydrogen-bond acceptors (Lipinski definition) is 2. The van der Waals surface area contributed by atoms with E-state index in [4.69, 9.17) is 17.4 Å². The second-order valence-corrected chi connectivity index (χ2v) is 7.60. The molecule has 5 aromatic carbocycles. The Balaban J connectivity index is 1.91. The summed E-state index contributed by atoms with van der Waals surface area (Å²) in [6.45, 7) is 0. The van der Waals surface area contributed by atoms with Gasteiger partial charge in [0.05, 0.1) is 7.11 Å². The van der Waals surface area contributed by atoms with Gasteiger partial charge in [-0.25, -0.2) is 0 Å². The van der Waals surface area contributed by atoms with Crippen molar-refractivity contribution in [3.63, 3.8) is 0 Å². The Morgan fingerprint density at radius 1 is 0.586 bits per heavy atom. The van der Waals surface area contributed by atoms with Crippen molar-refractivity contribution in [3.05, 3.63) is 97.1 Å². The topological polar surface area (TPSA) is 9.23 Å². The van der Waals surface area contributed by atoms with Crippen molar-refractivity contribution in [2.45, 2.75) is 4.90 Å². The highest BCUT2D eigenvalue weighted by atomic mass is 32.1. The summed E-state index contributed by atoms with van der Waals surface area (Å²) in [6, 6.07) is 34.0. The average Bonchev–Trinajstić information content (AvgIpc) is 2.79. The molecule has 0 unspecified atom stereocenters. The van der Waals surface area contributed by atoms with E-state index in [0.29, 0.717) is 0 Å². The second kappa shape index (κ2) is 7.31. The first kappa shape index (κ1) is 17.8. The number of ether oxygens (including phenoxy) is 1. The maximum atomic E-state index is 5.35. The summed E-state index contributed by atoms with van der Waals surface area (Å²) < 4.78 is 5.35. The molecule has 2 heteroatoms. The summed E-state index contributed by atoms with van der Waals surface area (Å²) >= 11 is 4.88. The van der Waals surface area contributed by atoms with Crippen molar-refractivity contribution in [2.75, 3.05) is 7.11 Å². The van der Waals surface area contributed by atoms with Gasteiger partial charge in [0.15, 0.2) is 0 Å². The van der Waals surface area contributed by atoms with Crippen LogP contribution in [0.4, 0.5) is 0 Å². The monoisotopic (exact) mass is 392 g/mol. The molecule has 0 radical (unpaired) electrons. The van der Waals surface area contributed by atoms with Crippen molar-refractivity contribution in [3.8, 4) is 28.0 Å². The SMILES string of the molecule is COc1ccc(-c2ccc3ccccc3c2-c2c(S)ccc3ccccc23)cc1. The fourth-order valence-corrected chi connectivity index (χ4v) is 4.38. The highest BCUT2D eigenvalue weighted by molar-refractivity contribution is 7.80. The zero-order valence-corrected chi connectivity index (χ0v) is 17.0. The Labute approximate surface area is 176 Å². The Morgan fingerprint density at radius 2 is 1.17 bits per heavy atom. The van der Waals surface area contributed by atoms with Crippen LogP contribution in [0.2, 0.25) is 0 Å². The molecule has 0 heterocycles. The first-order valence-electron chi connectivity index (χ1n) is 9.63. The van der Waals surface area contributed by atoms with Gasteiger partial charge in [0, 0.05) is 10.5 Å². The molecule has 0 spiro atoms. The Morgan fingerprint density at radius 3 is 1.83 bits per heavy atom. The molecule has 0 amide bonds. The lowest BCUT2D eigenvalue weighted by atomic mass is 9.87.